The van der Waals surface area contributed by atoms with Crippen molar-refractivity contribution in [3.8, 4) is 0 Å². The van der Waals surface area contributed by atoms with Crippen molar-refractivity contribution < 1.29 is 28.6 Å². The van der Waals surface area contributed by atoms with Crippen molar-refractivity contribution in [3.05, 3.63) is 60.8 Å². The number of ether oxygens (including phenoxy) is 3. The second-order valence-corrected chi connectivity index (χ2v) is 18.5. The zero-order valence-electron chi connectivity index (χ0n) is 43.0. The summed E-state index contributed by atoms with van der Waals surface area (Å²) in [6.07, 6.45) is 66.3. The monoisotopic (exact) mass is 909 g/mol. The van der Waals surface area contributed by atoms with E-state index in [0.29, 0.717) is 19.3 Å². The lowest BCUT2D eigenvalue weighted by atomic mass is 10.0. The Bertz CT molecular complexity index is 1180. The van der Waals surface area contributed by atoms with Crippen molar-refractivity contribution >= 4 is 17.9 Å². The van der Waals surface area contributed by atoms with Crippen LogP contribution in [-0.4, -0.2) is 37.2 Å². The van der Waals surface area contributed by atoms with Crippen LogP contribution >= 0.6 is 0 Å². The van der Waals surface area contributed by atoms with Crippen LogP contribution in [0.3, 0.4) is 0 Å². The lowest BCUT2D eigenvalue weighted by molar-refractivity contribution is -0.167. The molecule has 1 atom stereocenters. The van der Waals surface area contributed by atoms with Gasteiger partial charge in [-0.15, -0.1) is 0 Å². The average molecular weight is 909 g/mol. The Labute approximate surface area is 402 Å². The maximum atomic E-state index is 12.8. The third kappa shape index (κ3) is 51.9. The van der Waals surface area contributed by atoms with Crippen LogP contribution in [0, 0.1) is 0 Å². The van der Waals surface area contributed by atoms with Crippen LogP contribution < -0.4 is 0 Å². The molecule has 0 N–H and O–H groups in total. The van der Waals surface area contributed by atoms with Gasteiger partial charge < -0.3 is 14.2 Å². The lowest BCUT2D eigenvalue weighted by Crippen LogP contribution is -2.30. The predicted octanol–water partition coefficient (Wildman–Crippen LogP) is 18.4. The van der Waals surface area contributed by atoms with Gasteiger partial charge in [0.1, 0.15) is 13.2 Å². The number of carbonyl (C=O) groups is 3. The number of hydrogen-bond acceptors (Lipinski definition) is 6. The highest BCUT2D eigenvalue weighted by Crippen LogP contribution is 2.15. The van der Waals surface area contributed by atoms with Crippen molar-refractivity contribution in [2.75, 3.05) is 13.2 Å². The molecule has 376 valence electrons. The van der Waals surface area contributed by atoms with Crippen molar-refractivity contribution in [3.63, 3.8) is 0 Å². The molecule has 65 heavy (non-hydrogen) atoms. The zero-order chi connectivity index (χ0) is 47.2. The van der Waals surface area contributed by atoms with E-state index in [1.165, 1.54) is 148 Å². The standard InChI is InChI=1S/C59H104O6/c1-4-7-10-13-16-19-22-25-28-30-32-34-37-40-43-46-49-52-58(61)64-55-56(54-63-57(60)51-48-45-42-39-36-33-27-24-21-18-15-12-9-6-3)65-59(62)53-50-47-44-41-38-35-31-29-26-23-20-17-14-11-8-5-2/h8,11,17,20,25-26,28-29,35,38,56H,4-7,9-10,12-16,18-19,21-24,27,30-34,36-37,39-55H2,1-3H3/b11-8-,20-17-,28-25-,29-26-,38-35-. The van der Waals surface area contributed by atoms with Gasteiger partial charge in [-0.3, -0.25) is 14.4 Å². The molecule has 0 radical (unpaired) electrons. The third-order valence-electron chi connectivity index (χ3n) is 12.0. The third-order valence-corrected chi connectivity index (χ3v) is 12.0. The topological polar surface area (TPSA) is 78.9 Å². The lowest BCUT2D eigenvalue weighted by Gasteiger charge is -2.18. The van der Waals surface area contributed by atoms with E-state index in [1.807, 2.05) is 0 Å². The summed E-state index contributed by atoms with van der Waals surface area (Å²) in [6.45, 7) is 6.51. The van der Waals surface area contributed by atoms with Crippen LogP contribution in [0.1, 0.15) is 278 Å². The number of allylic oxidation sites excluding steroid dienone is 10. The van der Waals surface area contributed by atoms with E-state index in [-0.39, 0.29) is 31.1 Å². The second kappa shape index (κ2) is 53.7. The molecule has 1 unspecified atom stereocenters. The number of esters is 3. The van der Waals surface area contributed by atoms with Gasteiger partial charge in [-0.2, -0.15) is 0 Å². The minimum atomic E-state index is -0.790. The number of unbranched alkanes of at least 4 members (excludes halogenated alkanes) is 29. The van der Waals surface area contributed by atoms with E-state index >= 15 is 0 Å². The summed E-state index contributed by atoms with van der Waals surface area (Å²) in [4.78, 5) is 38.1. The smallest absolute Gasteiger partial charge is 0.306 e. The van der Waals surface area contributed by atoms with Crippen LogP contribution in [0.25, 0.3) is 0 Å². The molecule has 0 aromatic heterocycles. The second-order valence-electron chi connectivity index (χ2n) is 18.5. The summed E-state index contributed by atoms with van der Waals surface area (Å²) in [5.74, 6) is -0.912. The highest BCUT2D eigenvalue weighted by atomic mass is 16.6. The molecule has 0 saturated heterocycles. The molecular weight excluding hydrogens is 805 g/mol. The first kappa shape index (κ1) is 62.1. The Morgan fingerprint density at radius 2 is 0.600 bits per heavy atom. The highest BCUT2D eigenvalue weighted by molar-refractivity contribution is 5.71. The number of carbonyl (C=O) groups excluding carboxylic acids is 3. The molecule has 0 aromatic carbocycles. The SMILES string of the molecule is CC/C=C\C/C=C\C/C=C\C/C=C\CCCCCC(=O)OC(COC(=O)CCCCCCCCC/C=C\CCCCCCCC)COC(=O)CCCCCCCCCCCCCCCC. The summed E-state index contributed by atoms with van der Waals surface area (Å²) < 4.78 is 16.8. The van der Waals surface area contributed by atoms with Crippen LogP contribution in [0.2, 0.25) is 0 Å². The fourth-order valence-electron chi connectivity index (χ4n) is 7.84. The Morgan fingerprint density at radius 1 is 0.323 bits per heavy atom. The maximum absolute atomic E-state index is 12.8. The van der Waals surface area contributed by atoms with Crippen molar-refractivity contribution in [1.82, 2.24) is 0 Å². The molecule has 0 amide bonds. The normalized spacial score (nSPS) is 12.5. The largest absolute Gasteiger partial charge is 0.462 e. The molecular formula is C59H104O6. The molecule has 0 heterocycles. The molecule has 0 saturated carbocycles. The molecule has 0 spiro atoms. The molecule has 0 rings (SSSR count). The van der Waals surface area contributed by atoms with E-state index in [2.05, 4.69) is 81.5 Å². The first-order valence-corrected chi connectivity index (χ1v) is 27.8. The molecule has 6 heteroatoms. The van der Waals surface area contributed by atoms with Crippen LogP contribution in [0.4, 0.5) is 0 Å². The Morgan fingerprint density at radius 3 is 0.969 bits per heavy atom. The van der Waals surface area contributed by atoms with Gasteiger partial charge in [0.15, 0.2) is 6.10 Å². The van der Waals surface area contributed by atoms with E-state index in [4.69, 9.17) is 14.2 Å². The van der Waals surface area contributed by atoms with Crippen molar-refractivity contribution in [2.24, 2.45) is 0 Å². The van der Waals surface area contributed by atoms with E-state index < -0.39 is 6.10 Å². The fourth-order valence-corrected chi connectivity index (χ4v) is 7.84. The van der Waals surface area contributed by atoms with Gasteiger partial charge in [-0.25, -0.2) is 0 Å². The van der Waals surface area contributed by atoms with Crippen LogP contribution in [0.5, 0.6) is 0 Å². The van der Waals surface area contributed by atoms with Gasteiger partial charge in [0, 0.05) is 19.3 Å². The quantitative estimate of drug-likeness (QED) is 0.0262. The van der Waals surface area contributed by atoms with Gasteiger partial charge in [-0.1, -0.05) is 236 Å². The minimum absolute atomic E-state index is 0.0861. The first-order chi connectivity index (χ1) is 32.0. The summed E-state index contributed by atoms with van der Waals surface area (Å²) in [5.41, 5.74) is 0. The summed E-state index contributed by atoms with van der Waals surface area (Å²) in [7, 11) is 0. The van der Waals surface area contributed by atoms with Gasteiger partial charge in [0.05, 0.1) is 0 Å². The summed E-state index contributed by atoms with van der Waals surface area (Å²) in [5, 5.41) is 0. The molecule has 0 fully saturated rings. The van der Waals surface area contributed by atoms with Gasteiger partial charge in [-0.05, 0) is 83.5 Å². The summed E-state index contributed by atoms with van der Waals surface area (Å²) >= 11 is 0. The Hall–Kier alpha value is -2.89. The maximum Gasteiger partial charge on any atom is 0.306 e. The zero-order valence-corrected chi connectivity index (χ0v) is 43.0. The van der Waals surface area contributed by atoms with E-state index in [0.717, 1.165) is 89.9 Å². The number of rotatable bonds is 50. The molecule has 6 nitrogen and oxygen atoms in total. The Kier molecular flexibility index (Phi) is 51.3. The van der Waals surface area contributed by atoms with Gasteiger partial charge >= 0.3 is 17.9 Å². The molecule has 0 aromatic rings. The molecule has 0 aliphatic carbocycles. The van der Waals surface area contributed by atoms with Crippen molar-refractivity contribution in [1.29, 1.82) is 0 Å². The molecule has 0 aliphatic heterocycles. The van der Waals surface area contributed by atoms with Crippen molar-refractivity contribution in [2.45, 2.75) is 284 Å². The van der Waals surface area contributed by atoms with Gasteiger partial charge in [0.2, 0.25) is 0 Å². The van der Waals surface area contributed by atoms with Crippen LogP contribution in [0.15, 0.2) is 60.8 Å². The molecule has 0 aliphatic rings. The molecule has 0 bridgehead atoms. The minimum Gasteiger partial charge on any atom is -0.462 e. The average Bonchev–Trinajstić information content (AvgIpc) is 3.30. The first-order valence-electron chi connectivity index (χ1n) is 27.8. The predicted molar refractivity (Wildman–Crippen MR) is 279 cm³/mol. The van der Waals surface area contributed by atoms with Gasteiger partial charge in [0.25, 0.3) is 0 Å². The van der Waals surface area contributed by atoms with E-state index in [9.17, 15) is 14.4 Å². The number of hydrogen-bond donors (Lipinski definition) is 0. The fraction of sp³-hybridized carbons (Fsp3) is 0.780. The Balaban J connectivity index is 4.42. The van der Waals surface area contributed by atoms with Crippen LogP contribution in [-0.2, 0) is 28.6 Å². The van der Waals surface area contributed by atoms with E-state index in [1.54, 1.807) is 0 Å². The summed E-state index contributed by atoms with van der Waals surface area (Å²) in [6, 6.07) is 0. The highest BCUT2D eigenvalue weighted by Gasteiger charge is 2.19.